The number of carbonyl (C=O) groups is 1. The van der Waals surface area contributed by atoms with Crippen LogP contribution in [0.15, 0.2) is 29.6 Å². The minimum atomic E-state index is -4.52. The highest BCUT2D eigenvalue weighted by molar-refractivity contribution is 7.09. The third-order valence-corrected chi connectivity index (χ3v) is 5.65. The van der Waals surface area contributed by atoms with Gasteiger partial charge in [0.2, 0.25) is 0 Å². The lowest BCUT2D eigenvalue weighted by atomic mass is 9.98. The second kappa shape index (κ2) is 8.29. The number of alkyl halides is 3. The van der Waals surface area contributed by atoms with Crippen LogP contribution in [0.5, 0.6) is 5.75 Å². The van der Waals surface area contributed by atoms with Crippen molar-refractivity contribution in [1.82, 2.24) is 9.88 Å². The highest BCUT2D eigenvalue weighted by atomic mass is 32.1. The van der Waals surface area contributed by atoms with Crippen LogP contribution >= 0.6 is 11.3 Å². The molecule has 8 heteroatoms. The van der Waals surface area contributed by atoms with Gasteiger partial charge < -0.3 is 9.64 Å². The first-order valence-electron chi connectivity index (χ1n) is 8.89. The van der Waals surface area contributed by atoms with Crippen LogP contribution in [0, 0.1) is 0 Å². The third kappa shape index (κ3) is 4.80. The molecule has 1 atom stereocenters. The molecular weight excluding hydrogens is 377 g/mol. The van der Waals surface area contributed by atoms with Gasteiger partial charge in [-0.1, -0.05) is 19.1 Å². The van der Waals surface area contributed by atoms with Crippen LogP contribution in [0.2, 0.25) is 0 Å². The molecule has 1 saturated heterocycles. The van der Waals surface area contributed by atoms with Crippen molar-refractivity contribution < 1.29 is 22.7 Å². The van der Waals surface area contributed by atoms with Crippen LogP contribution in [0.4, 0.5) is 13.2 Å². The molecule has 1 amide bonds. The lowest BCUT2D eigenvalue weighted by molar-refractivity contribution is -0.141. The smallest absolute Gasteiger partial charge is 0.419 e. The van der Waals surface area contributed by atoms with Crippen molar-refractivity contribution in [3.05, 3.63) is 45.9 Å². The van der Waals surface area contributed by atoms with Crippen LogP contribution in [0.1, 0.15) is 41.9 Å². The number of halogens is 3. The lowest BCUT2D eigenvalue weighted by Gasteiger charge is -2.31. The standard InChI is InChI=1S/C19H21F3N2O2S/c1-2-14-12-27-18(23-14)13-6-5-9-24(10-13)17(25)11-26-16-8-4-3-7-15(16)19(20,21)22/h3-4,7-8,12-13H,2,5-6,9-11H2,1H3. The van der Waals surface area contributed by atoms with Gasteiger partial charge in [-0.2, -0.15) is 13.2 Å². The number of amides is 1. The number of piperidine rings is 1. The molecule has 27 heavy (non-hydrogen) atoms. The Morgan fingerprint density at radius 2 is 2.15 bits per heavy atom. The number of nitrogens with zero attached hydrogens (tertiary/aromatic N) is 2. The van der Waals surface area contributed by atoms with Gasteiger partial charge >= 0.3 is 6.18 Å². The number of aromatic nitrogens is 1. The molecule has 1 aromatic heterocycles. The molecule has 0 N–H and O–H groups in total. The summed E-state index contributed by atoms with van der Waals surface area (Å²) in [5.74, 6) is -0.446. The van der Waals surface area contributed by atoms with Crippen LogP contribution in [0.3, 0.4) is 0 Å². The molecule has 0 radical (unpaired) electrons. The van der Waals surface area contributed by atoms with Gasteiger partial charge in [0.05, 0.1) is 16.3 Å². The van der Waals surface area contributed by atoms with Crippen LogP contribution in [-0.2, 0) is 17.4 Å². The Morgan fingerprint density at radius 3 is 2.85 bits per heavy atom. The molecule has 4 nitrogen and oxygen atoms in total. The van der Waals surface area contributed by atoms with Crippen LogP contribution in [-0.4, -0.2) is 35.5 Å². The molecule has 1 aromatic carbocycles. The summed E-state index contributed by atoms with van der Waals surface area (Å²) in [6.07, 6.45) is -1.84. The summed E-state index contributed by atoms with van der Waals surface area (Å²) in [6.45, 7) is 2.76. The molecule has 146 valence electrons. The summed E-state index contributed by atoms with van der Waals surface area (Å²) in [5, 5.41) is 3.06. The molecule has 3 rings (SSSR count). The van der Waals surface area contributed by atoms with Gasteiger partial charge in [-0.15, -0.1) is 11.3 Å². The number of thiazole rings is 1. The normalized spacial score (nSPS) is 17.8. The van der Waals surface area contributed by atoms with E-state index in [9.17, 15) is 18.0 Å². The van der Waals surface area contributed by atoms with Crippen molar-refractivity contribution in [2.24, 2.45) is 0 Å². The Labute approximate surface area is 160 Å². The summed E-state index contributed by atoms with van der Waals surface area (Å²) < 4.78 is 44.3. The zero-order valence-corrected chi connectivity index (χ0v) is 15.8. The minimum absolute atomic E-state index is 0.176. The fourth-order valence-corrected chi connectivity index (χ4v) is 4.17. The molecule has 0 aliphatic carbocycles. The molecule has 1 fully saturated rings. The predicted octanol–water partition coefficient (Wildman–Crippen LogP) is 4.51. The summed E-state index contributed by atoms with van der Waals surface area (Å²) >= 11 is 1.60. The fraction of sp³-hybridized carbons (Fsp3) is 0.474. The van der Waals surface area contributed by atoms with Crippen molar-refractivity contribution in [2.75, 3.05) is 19.7 Å². The average molecular weight is 398 g/mol. The Bertz CT molecular complexity index is 791. The maximum absolute atomic E-state index is 13.0. The monoisotopic (exact) mass is 398 g/mol. The highest BCUT2D eigenvalue weighted by Gasteiger charge is 2.34. The van der Waals surface area contributed by atoms with E-state index in [0.717, 1.165) is 36.0 Å². The topological polar surface area (TPSA) is 42.4 Å². The van der Waals surface area contributed by atoms with Gasteiger partial charge in [0.15, 0.2) is 6.61 Å². The molecule has 1 aliphatic rings. The van der Waals surface area contributed by atoms with Gasteiger partial charge in [0.25, 0.3) is 5.91 Å². The number of para-hydroxylation sites is 1. The zero-order chi connectivity index (χ0) is 19.4. The summed E-state index contributed by atoms with van der Waals surface area (Å²) in [6, 6.07) is 4.94. The number of hydrogen-bond donors (Lipinski definition) is 0. The van der Waals surface area contributed by atoms with Crippen molar-refractivity contribution in [2.45, 2.75) is 38.3 Å². The van der Waals surface area contributed by atoms with E-state index in [0.29, 0.717) is 13.1 Å². The van der Waals surface area contributed by atoms with E-state index < -0.39 is 18.3 Å². The maximum Gasteiger partial charge on any atom is 0.419 e. The van der Waals surface area contributed by atoms with Gasteiger partial charge in [0.1, 0.15) is 5.75 Å². The molecule has 1 unspecified atom stereocenters. The van der Waals surface area contributed by atoms with Gasteiger partial charge in [-0.25, -0.2) is 4.98 Å². The van der Waals surface area contributed by atoms with E-state index in [1.807, 2.05) is 12.3 Å². The number of benzene rings is 1. The molecule has 0 spiro atoms. The van der Waals surface area contributed by atoms with Crippen molar-refractivity contribution in [3.8, 4) is 5.75 Å². The third-order valence-electron chi connectivity index (χ3n) is 4.60. The second-order valence-electron chi connectivity index (χ2n) is 6.49. The van der Waals surface area contributed by atoms with E-state index >= 15 is 0 Å². The number of rotatable bonds is 5. The average Bonchev–Trinajstić information content (AvgIpc) is 3.15. The fourth-order valence-electron chi connectivity index (χ4n) is 3.14. The van der Waals surface area contributed by atoms with E-state index in [1.54, 1.807) is 16.2 Å². The Hall–Kier alpha value is -2.09. The number of hydrogen-bond acceptors (Lipinski definition) is 4. The van der Waals surface area contributed by atoms with Crippen LogP contribution < -0.4 is 4.74 Å². The first-order valence-corrected chi connectivity index (χ1v) is 9.77. The van der Waals surface area contributed by atoms with E-state index in [1.165, 1.54) is 18.2 Å². The van der Waals surface area contributed by atoms with Crippen molar-refractivity contribution >= 4 is 17.2 Å². The molecule has 1 aliphatic heterocycles. The van der Waals surface area contributed by atoms with E-state index in [4.69, 9.17) is 4.74 Å². The van der Waals surface area contributed by atoms with Gasteiger partial charge in [-0.05, 0) is 31.4 Å². The number of aryl methyl sites for hydroxylation is 1. The van der Waals surface area contributed by atoms with Crippen molar-refractivity contribution in [1.29, 1.82) is 0 Å². The lowest BCUT2D eigenvalue weighted by Crippen LogP contribution is -2.41. The van der Waals surface area contributed by atoms with Crippen LogP contribution in [0.25, 0.3) is 0 Å². The summed E-state index contributed by atoms with van der Waals surface area (Å²) in [7, 11) is 0. The highest BCUT2D eigenvalue weighted by Crippen LogP contribution is 2.36. The number of likely N-dealkylation sites (tertiary alicyclic amines) is 1. The minimum Gasteiger partial charge on any atom is -0.483 e. The number of carbonyl (C=O) groups excluding carboxylic acids is 1. The summed E-state index contributed by atoms with van der Waals surface area (Å²) in [4.78, 5) is 18.7. The zero-order valence-electron chi connectivity index (χ0n) is 15.0. The largest absolute Gasteiger partial charge is 0.483 e. The molecular formula is C19H21F3N2O2S. The summed E-state index contributed by atoms with van der Waals surface area (Å²) in [5.41, 5.74) is 0.176. The van der Waals surface area contributed by atoms with Gasteiger partial charge in [-0.3, -0.25) is 4.79 Å². The maximum atomic E-state index is 13.0. The molecule has 0 saturated carbocycles. The van der Waals surface area contributed by atoms with Crippen molar-refractivity contribution in [3.63, 3.8) is 0 Å². The number of ether oxygens (including phenoxy) is 1. The first kappa shape index (κ1) is 19.7. The Kier molecular flexibility index (Phi) is 6.04. The quantitative estimate of drug-likeness (QED) is 0.744. The molecule has 0 bridgehead atoms. The SMILES string of the molecule is CCc1csc(C2CCCN(C(=O)COc3ccccc3C(F)(F)F)C2)n1. The second-order valence-corrected chi connectivity index (χ2v) is 7.38. The van der Waals surface area contributed by atoms with Gasteiger partial charge in [0, 0.05) is 24.4 Å². The first-order chi connectivity index (χ1) is 12.9. The molecule has 2 heterocycles. The molecule has 2 aromatic rings. The Morgan fingerprint density at radius 1 is 1.37 bits per heavy atom. The van der Waals surface area contributed by atoms with E-state index in [2.05, 4.69) is 4.98 Å². The van der Waals surface area contributed by atoms with E-state index in [-0.39, 0.29) is 17.6 Å². The predicted molar refractivity (Wildman–Crippen MR) is 97.0 cm³/mol. The Balaban J connectivity index is 1.61.